The van der Waals surface area contributed by atoms with Crippen LogP contribution in [0.5, 0.6) is 0 Å². The van der Waals surface area contributed by atoms with Crippen molar-refractivity contribution in [1.29, 1.82) is 0 Å². The molecule has 21 heavy (non-hydrogen) atoms. The molecular formula is C18H32O3. The van der Waals surface area contributed by atoms with Crippen molar-refractivity contribution in [3.8, 4) is 0 Å². The first kappa shape index (κ1) is 19.9. The van der Waals surface area contributed by atoms with Crippen molar-refractivity contribution in [2.45, 2.75) is 84.0 Å². The monoisotopic (exact) mass is 296 g/mol. The third kappa shape index (κ3) is 16.9. The summed E-state index contributed by atoms with van der Waals surface area (Å²) in [5.41, 5.74) is 0. The van der Waals surface area contributed by atoms with Crippen LogP contribution < -0.4 is 0 Å². The highest BCUT2D eigenvalue weighted by Crippen LogP contribution is 2.11. The zero-order chi connectivity index (χ0) is 15.6. The summed E-state index contributed by atoms with van der Waals surface area (Å²) in [4.78, 5) is 14.1. The lowest BCUT2D eigenvalue weighted by atomic mass is 10.1. The zero-order valence-corrected chi connectivity index (χ0v) is 13.6. The molecule has 1 N–H and O–H groups in total. The van der Waals surface area contributed by atoms with Gasteiger partial charge in [-0.25, -0.2) is 4.79 Å². The number of hydrogen-bond donors (Lipinski definition) is 1. The Hall–Kier alpha value is -1.09. The second-order valence-electron chi connectivity index (χ2n) is 5.52. The lowest BCUT2D eigenvalue weighted by Crippen LogP contribution is -1.93. The number of carbonyl (C=O) groups excluding carboxylic acids is 1. The van der Waals surface area contributed by atoms with Gasteiger partial charge in [0.05, 0.1) is 0 Å². The van der Waals surface area contributed by atoms with E-state index >= 15 is 0 Å². The molecule has 3 nitrogen and oxygen atoms in total. The van der Waals surface area contributed by atoms with E-state index in [1.54, 1.807) is 6.08 Å². The summed E-state index contributed by atoms with van der Waals surface area (Å²) in [7, 11) is 0. The molecule has 0 aromatic carbocycles. The van der Waals surface area contributed by atoms with Gasteiger partial charge in [0.1, 0.15) is 0 Å². The molecule has 0 heterocycles. The van der Waals surface area contributed by atoms with Gasteiger partial charge in [0, 0.05) is 6.08 Å². The summed E-state index contributed by atoms with van der Waals surface area (Å²) < 4.78 is 0. The first-order valence-electron chi connectivity index (χ1n) is 8.49. The molecule has 0 atom stereocenters. The maximum Gasteiger partial charge on any atom is 0.365 e. The minimum Gasteiger partial charge on any atom is -0.296 e. The topological polar surface area (TPSA) is 46.5 Å². The van der Waals surface area contributed by atoms with Gasteiger partial charge in [0.25, 0.3) is 0 Å². The molecular weight excluding hydrogens is 264 g/mol. The minimum absolute atomic E-state index is 0.741. The van der Waals surface area contributed by atoms with Gasteiger partial charge < -0.3 is 0 Å². The van der Waals surface area contributed by atoms with Crippen LogP contribution in [0.2, 0.25) is 0 Å². The first-order chi connectivity index (χ1) is 10.3. The van der Waals surface area contributed by atoms with Gasteiger partial charge in [-0.15, -0.1) is 0 Å². The number of allylic oxidation sites excluding steroid dienone is 3. The summed E-state index contributed by atoms with van der Waals surface area (Å²) in [6, 6.07) is 0. The maximum absolute atomic E-state index is 10.6. The quantitative estimate of drug-likeness (QED) is 0.144. The van der Waals surface area contributed by atoms with Gasteiger partial charge in [-0.1, -0.05) is 89.4 Å². The molecule has 0 aliphatic carbocycles. The lowest BCUT2D eigenvalue weighted by Gasteiger charge is -2.01. The average molecular weight is 296 g/mol. The van der Waals surface area contributed by atoms with Gasteiger partial charge in [0.15, 0.2) is 0 Å². The van der Waals surface area contributed by atoms with Crippen molar-refractivity contribution < 1.29 is 14.9 Å². The van der Waals surface area contributed by atoms with Crippen LogP contribution in [0.15, 0.2) is 24.3 Å². The summed E-state index contributed by atoms with van der Waals surface area (Å²) in [6.07, 6.45) is 22.6. The van der Waals surface area contributed by atoms with Gasteiger partial charge in [-0.2, -0.15) is 5.26 Å². The Morgan fingerprint density at radius 1 is 0.857 bits per heavy atom. The van der Waals surface area contributed by atoms with Gasteiger partial charge in [-0.05, 0) is 12.8 Å². The SMILES string of the molecule is CCCCCCCCCCCCC/C=C/C=C/C(=O)OO. The lowest BCUT2D eigenvalue weighted by molar-refractivity contribution is -0.228. The standard InChI is InChI=1S/C18H32O3/c1-2-3-4-5-6-7-8-9-10-11-12-13-14-15-16-17-18(19)21-20/h14-17,20H,2-13H2,1H3/b15-14+,17-16+. The van der Waals surface area contributed by atoms with Crippen molar-refractivity contribution in [1.82, 2.24) is 0 Å². The first-order valence-corrected chi connectivity index (χ1v) is 8.49. The fraction of sp³-hybridized carbons (Fsp3) is 0.722. The van der Waals surface area contributed by atoms with Crippen LogP contribution in [-0.2, 0) is 9.68 Å². The van der Waals surface area contributed by atoms with E-state index in [-0.39, 0.29) is 0 Å². The van der Waals surface area contributed by atoms with Gasteiger partial charge >= 0.3 is 5.97 Å². The van der Waals surface area contributed by atoms with E-state index < -0.39 is 5.97 Å². The predicted octanol–water partition coefficient (Wildman–Crippen LogP) is 5.82. The summed E-state index contributed by atoms with van der Waals surface area (Å²) in [6.45, 7) is 2.26. The molecule has 0 saturated heterocycles. The van der Waals surface area contributed by atoms with Gasteiger partial charge in [-0.3, -0.25) is 4.89 Å². The summed E-state index contributed by atoms with van der Waals surface area (Å²) >= 11 is 0. The van der Waals surface area contributed by atoms with E-state index in [1.165, 1.54) is 76.7 Å². The Balaban J connectivity index is 3.17. The Morgan fingerprint density at radius 3 is 1.90 bits per heavy atom. The van der Waals surface area contributed by atoms with Crippen LogP contribution in [0.25, 0.3) is 0 Å². The van der Waals surface area contributed by atoms with E-state index in [0.29, 0.717) is 0 Å². The van der Waals surface area contributed by atoms with E-state index in [1.807, 2.05) is 12.2 Å². The van der Waals surface area contributed by atoms with Crippen molar-refractivity contribution in [3.05, 3.63) is 24.3 Å². The molecule has 0 amide bonds. The Labute approximate surface area is 130 Å². The molecule has 0 bridgehead atoms. The molecule has 0 aromatic heterocycles. The maximum atomic E-state index is 10.6. The van der Waals surface area contributed by atoms with E-state index in [9.17, 15) is 4.79 Å². The zero-order valence-electron chi connectivity index (χ0n) is 13.6. The molecule has 0 radical (unpaired) electrons. The number of rotatable bonds is 14. The number of carbonyl (C=O) groups is 1. The molecule has 0 unspecified atom stereocenters. The second kappa shape index (κ2) is 17.0. The normalized spacial score (nSPS) is 11.5. The van der Waals surface area contributed by atoms with Crippen LogP contribution in [0.3, 0.4) is 0 Å². The van der Waals surface area contributed by atoms with E-state index in [0.717, 1.165) is 6.42 Å². The summed E-state index contributed by atoms with van der Waals surface area (Å²) in [5, 5.41) is 8.03. The van der Waals surface area contributed by atoms with Crippen molar-refractivity contribution in [2.75, 3.05) is 0 Å². The fourth-order valence-electron chi connectivity index (χ4n) is 2.27. The molecule has 0 aliphatic heterocycles. The van der Waals surface area contributed by atoms with E-state index in [2.05, 4.69) is 11.8 Å². The number of unbranched alkanes of at least 4 members (excludes halogenated alkanes) is 11. The molecule has 3 heteroatoms. The molecule has 0 saturated carbocycles. The van der Waals surface area contributed by atoms with Crippen LogP contribution >= 0.6 is 0 Å². The predicted molar refractivity (Wildman–Crippen MR) is 88.1 cm³/mol. The third-order valence-corrected chi connectivity index (χ3v) is 3.54. The summed E-state index contributed by atoms with van der Waals surface area (Å²) in [5.74, 6) is -0.741. The van der Waals surface area contributed by atoms with E-state index in [4.69, 9.17) is 5.26 Å². The average Bonchev–Trinajstić information content (AvgIpc) is 2.50. The van der Waals surface area contributed by atoms with Crippen molar-refractivity contribution >= 4 is 5.97 Å². The Morgan fingerprint density at radius 2 is 1.38 bits per heavy atom. The Bertz CT molecular complexity index is 282. The number of hydrogen-bond acceptors (Lipinski definition) is 3. The highest BCUT2D eigenvalue weighted by Gasteiger charge is 1.92. The molecule has 0 spiro atoms. The highest BCUT2D eigenvalue weighted by atomic mass is 17.1. The molecule has 122 valence electrons. The van der Waals surface area contributed by atoms with Crippen molar-refractivity contribution in [2.24, 2.45) is 0 Å². The van der Waals surface area contributed by atoms with Crippen LogP contribution in [0, 0.1) is 0 Å². The second-order valence-corrected chi connectivity index (χ2v) is 5.52. The highest BCUT2D eigenvalue weighted by molar-refractivity contribution is 5.81. The third-order valence-electron chi connectivity index (χ3n) is 3.54. The van der Waals surface area contributed by atoms with Crippen molar-refractivity contribution in [3.63, 3.8) is 0 Å². The van der Waals surface area contributed by atoms with Crippen LogP contribution in [0.1, 0.15) is 84.0 Å². The molecule has 0 aliphatic rings. The Kier molecular flexibility index (Phi) is 16.1. The largest absolute Gasteiger partial charge is 0.365 e. The molecule has 0 rings (SSSR count). The smallest absolute Gasteiger partial charge is 0.296 e. The fourth-order valence-corrected chi connectivity index (χ4v) is 2.27. The van der Waals surface area contributed by atoms with Gasteiger partial charge in [0.2, 0.25) is 0 Å². The molecule has 0 aromatic rings. The van der Waals surface area contributed by atoms with Crippen LogP contribution in [-0.4, -0.2) is 11.2 Å². The minimum atomic E-state index is -0.741. The van der Waals surface area contributed by atoms with Crippen LogP contribution in [0.4, 0.5) is 0 Å². The molecule has 0 fully saturated rings.